The highest BCUT2D eigenvalue weighted by atomic mass is 32.2. The van der Waals surface area contributed by atoms with Gasteiger partial charge in [0.05, 0.1) is 22.1 Å². The summed E-state index contributed by atoms with van der Waals surface area (Å²) in [4.78, 5) is 12.6. The number of hydrogen-bond donors (Lipinski definition) is 1. The van der Waals surface area contributed by atoms with E-state index in [1.807, 2.05) is 24.3 Å². The minimum Gasteiger partial charge on any atom is -0.342 e. The average Bonchev–Trinajstić information content (AvgIpc) is 3.22. The summed E-state index contributed by atoms with van der Waals surface area (Å²) in [7, 11) is 0. The Morgan fingerprint density at radius 1 is 1.00 bits per heavy atom. The number of aryl methyl sites for hydroxylation is 3. The van der Waals surface area contributed by atoms with Gasteiger partial charge in [0, 0.05) is 12.2 Å². The number of nitrogens with one attached hydrogen (secondary N) is 1. The maximum atomic E-state index is 4.73. The molecule has 0 fully saturated rings. The molecule has 2 heterocycles. The van der Waals surface area contributed by atoms with E-state index in [0.717, 1.165) is 34.5 Å². The Morgan fingerprint density at radius 3 is 2.77 bits per heavy atom. The molecule has 5 heteroatoms. The molecule has 0 atom stereocenters. The van der Waals surface area contributed by atoms with Crippen molar-refractivity contribution < 1.29 is 0 Å². The molecular formula is C21H24N4S. The zero-order chi connectivity index (χ0) is 17.9. The predicted molar refractivity (Wildman–Crippen MR) is 111 cm³/mol. The number of para-hydroxylation sites is 2. The standard InChI is InChI=1S/C21H24N4S/c1-15-12-18-19(13-16(15)2)24-21(23-18)10-4-3-7-11-26-25-14-22-17-8-5-6-9-20(17)25/h5-6,8-9,12-14H,3-4,7,10-11H2,1-2H3,(H,23,24). The number of H-pyrrole nitrogens is 1. The van der Waals surface area contributed by atoms with Crippen LogP contribution in [0.25, 0.3) is 22.1 Å². The molecule has 26 heavy (non-hydrogen) atoms. The van der Waals surface area contributed by atoms with Crippen LogP contribution >= 0.6 is 11.9 Å². The van der Waals surface area contributed by atoms with Crippen LogP contribution in [0.5, 0.6) is 0 Å². The van der Waals surface area contributed by atoms with Crippen LogP contribution in [-0.4, -0.2) is 24.7 Å². The third kappa shape index (κ3) is 3.63. The highest BCUT2D eigenvalue weighted by molar-refractivity contribution is 7.97. The van der Waals surface area contributed by atoms with Crippen LogP contribution in [0.4, 0.5) is 0 Å². The normalized spacial score (nSPS) is 11.6. The second kappa shape index (κ2) is 7.54. The van der Waals surface area contributed by atoms with Gasteiger partial charge >= 0.3 is 0 Å². The number of hydrogen-bond acceptors (Lipinski definition) is 3. The molecule has 134 valence electrons. The van der Waals surface area contributed by atoms with Crippen LogP contribution in [0.15, 0.2) is 42.7 Å². The van der Waals surface area contributed by atoms with E-state index in [9.17, 15) is 0 Å². The lowest BCUT2D eigenvalue weighted by Crippen LogP contribution is -1.91. The Bertz CT molecular complexity index is 992. The summed E-state index contributed by atoms with van der Waals surface area (Å²) in [5.41, 5.74) is 7.13. The van der Waals surface area contributed by atoms with Crippen LogP contribution in [0, 0.1) is 13.8 Å². The Balaban J connectivity index is 1.24. The van der Waals surface area contributed by atoms with Crippen molar-refractivity contribution >= 4 is 34.0 Å². The third-order valence-electron chi connectivity index (χ3n) is 4.86. The maximum Gasteiger partial charge on any atom is 0.107 e. The molecule has 0 saturated carbocycles. The van der Waals surface area contributed by atoms with Gasteiger partial charge in [-0.1, -0.05) is 18.6 Å². The van der Waals surface area contributed by atoms with Gasteiger partial charge in [0.2, 0.25) is 0 Å². The number of aromatic amines is 1. The minimum absolute atomic E-state index is 1.02. The van der Waals surface area contributed by atoms with E-state index in [0.29, 0.717) is 0 Å². The zero-order valence-electron chi connectivity index (χ0n) is 15.3. The van der Waals surface area contributed by atoms with Crippen molar-refractivity contribution in [1.29, 1.82) is 0 Å². The van der Waals surface area contributed by atoms with Gasteiger partial charge in [-0.25, -0.2) is 9.97 Å². The number of unbranched alkanes of at least 4 members (excludes halogenated alkanes) is 2. The van der Waals surface area contributed by atoms with Crippen LogP contribution < -0.4 is 0 Å². The van der Waals surface area contributed by atoms with E-state index in [-0.39, 0.29) is 0 Å². The average molecular weight is 365 g/mol. The fourth-order valence-electron chi connectivity index (χ4n) is 3.21. The highest BCUT2D eigenvalue weighted by Crippen LogP contribution is 2.20. The molecule has 2 aromatic heterocycles. The van der Waals surface area contributed by atoms with Crippen molar-refractivity contribution in [3.05, 3.63) is 59.7 Å². The second-order valence-corrected chi connectivity index (χ2v) is 7.90. The molecular weight excluding hydrogens is 340 g/mol. The summed E-state index contributed by atoms with van der Waals surface area (Å²) in [5.74, 6) is 2.22. The summed E-state index contributed by atoms with van der Waals surface area (Å²) >= 11 is 1.84. The molecule has 4 nitrogen and oxygen atoms in total. The highest BCUT2D eigenvalue weighted by Gasteiger charge is 2.05. The monoisotopic (exact) mass is 364 g/mol. The van der Waals surface area contributed by atoms with E-state index in [2.05, 4.69) is 58.1 Å². The summed E-state index contributed by atoms with van der Waals surface area (Å²) in [6.45, 7) is 4.29. The maximum absolute atomic E-state index is 4.73. The summed E-state index contributed by atoms with van der Waals surface area (Å²) in [6, 6.07) is 12.7. The van der Waals surface area contributed by atoms with Crippen LogP contribution in [0.3, 0.4) is 0 Å². The number of fused-ring (bicyclic) bond motifs is 2. The quantitative estimate of drug-likeness (QED) is 0.444. The number of rotatable bonds is 7. The number of aromatic nitrogens is 4. The molecule has 2 aromatic carbocycles. The largest absolute Gasteiger partial charge is 0.342 e. The van der Waals surface area contributed by atoms with E-state index >= 15 is 0 Å². The molecule has 0 amide bonds. The first-order chi connectivity index (χ1) is 12.7. The molecule has 1 N–H and O–H groups in total. The van der Waals surface area contributed by atoms with E-state index in [1.165, 1.54) is 35.9 Å². The minimum atomic E-state index is 1.02. The number of nitrogens with zero attached hydrogens (tertiary/aromatic N) is 3. The van der Waals surface area contributed by atoms with E-state index in [4.69, 9.17) is 4.98 Å². The van der Waals surface area contributed by atoms with Gasteiger partial charge in [0.15, 0.2) is 0 Å². The molecule has 0 unspecified atom stereocenters. The first kappa shape index (κ1) is 17.2. The number of benzene rings is 2. The molecule has 0 bridgehead atoms. The predicted octanol–water partition coefficient (Wildman–Crippen LogP) is 5.44. The summed E-state index contributed by atoms with van der Waals surface area (Å²) in [5, 5.41) is 0. The van der Waals surface area contributed by atoms with Gasteiger partial charge in [0.1, 0.15) is 12.2 Å². The van der Waals surface area contributed by atoms with Crippen molar-refractivity contribution in [3.63, 3.8) is 0 Å². The topological polar surface area (TPSA) is 46.5 Å². The van der Waals surface area contributed by atoms with Crippen molar-refractivity contribution in [1.82, 2.24) is 18.9 Å². The van der Waals surface area contributed by atoms with Gasteiger partial charge in [-0.15, -0.1) is 0 Å². The van der Waals surface area contributed by atoms with Gasteiger partial charge in [-0.3, -0.25) is 3.97 Å². The Kier molecular flexibility index (Phi) is 4.98. The fraction of sp³-hybridized carbons (Fsp3) is 0.333. The molecule has 0 saturated heterocycles. The lowest BCUT2D eigenvalue weighted by Gasteiger charge is -2.03. The molecule has 0 aliphatic heterocycles. The third-order valence-corrected chi connectivity index (χ3v) is 5.90. The van der Waals surface area contributed by atoms with Crippen molar-refractivity contribution in [2.45, 2.75) is 39.5 Å². The van der Waals surface area contributed by atoms with Gasteiger partial charge in [-0.05, 0) is 74.0 Å². The first-order valence-electron chi connectivity index (χ1n) is 9.22. The molecule has 0 aliphatic rings. The smallest absolute Gasteiger partial charge is 0.107 e. The van der Waals surface area contributed by atoms with E-state index < -0.39 is 0 Å². The lowest BCUT2D eigenvalue weighted by atomic mass is 10.1. The Hall–Kier alpha value is -2.27. The molecule has 0 aliphatic carbocycles. The summed E-state index contributed by atoms with van der Waals surface area (Å²) in [6.07, 6.45) is 6.53. The molecule has 4 aromatic rings. The molecule has 0 radical (unpaired) electrons. The van der Waals surface area contributed by atoms with Crippen LogP contribution in [0.1, 0.15) is 36.2 Å². The van der Waals surface area contributed by atoms with Crippen molar-refractivity contribution in [2.24, 2.45) is 0 Å². The Labute approximate surface area is 158 Å². The van der Waals surface area contributed by atoms with Gasteiger partial charge in [-0.2, -0.15) is 0 Å². The zero-order valence-corrected chi connectivity index (χ0v) is 16.1. The van der Waals surface area contributed by atoms with Crippen LogP contribution in [0.2, 0.25) is 0 Å². The Morgan fingerprint density at radius 2 is 1.85 bits per heavy atom. The van der Waals surface area contributed by atoms with Gasteiger partial charge < -0.3 is 4.98 Å². The molecule has 4 rings (SSSR count). The van der Waals surface area contributed by atoms with E-state index in [1.54, 1.807) is 0 Å². The second-order valence-electron chi connectivity index (χ2n) is 6.84. The van der Waals surface area contributed by atoms with Gasteiger partial charge in [0.25, 0.3) is 0 Å². The van der Waals surface area contributed by atoms with Crippen molar-refractivity contribution in [3.8, 4) is 0 Å². The lowest BCUT2D eigenvalue weighted by molar-refractivity contribution is 0.704. The summed E-state index contributed by atoms with van der Waals surface area (Å²) < 4.78 is 2.18. The first-order valence-corrected chi connectivity index (χ1v) is 10.2. The fourth-order valence-corrected chi connectivity index (χ4v) is 4.15. The SMILES string of the molecule is Cc1cc2nc(CCCCCSn3cnc4ccccc43)[nH]c2cc1C. The van der Waals surface area contributed by atoms with Crippen LogP contribution in [-0.2, 0) is 6.42 Å². The molecule has 0 spiro atoms. The number of imidazole rings is 2. The van der Waals surface area contributed by atoms with Crippen molar-refractivity contribution in [2.75, 3.05) is 5.75 Å².